The molecule has 1 aliphatic carbocycles. The van der Waals surface area contributed by atoms with Crippen LogP contribution >= 0.6 is 12.2 Å². The van der Waals surface area contributed by atoms with Gasteiger partial charge in [-0.15, -0.1) is 0 Å². The van der Waals surface area contributed by atoms with E-state index in [0.717, 1.165) is 11.4 Å². The minimum atomic E-state index is -0.517. The predicted molar refractivity (Wildman–Crippen MR) is 151 cm³/mol. The van der Waals surface area contributed by atoms with E-state index < -0.39 is 5.41 Å². The first-order valence-corrected chi connectivity index (χ1v) is 13.4. The summed E-state index contributed by atoms with van der Waals surface area (Å²) in [5, 5.41) is 7.19. The molecule has 5 rings (SSSR count). The van der Waals surface area contributed by atoms with E-state index >= 15 is 0 Å². The van der Waals surface area contributed by atoms with Crippen LogP contribution < -0.4 is 20.3 Å². The van der Waals surface area contributed by atoms with Crippen LogP contribution in [-0.2, 0) is 4.79 Å². The average molecular weight is 518 g/mol. The quantitative estimate of drug-likeness (QED) is 0.381. The van der Waals surface area contributed by atoms with E-state index in [1.54, 1.807) is 7.11 Å². The maximum Gasteiger partial charge on any atom is 0.229 e. The van der Waals surface area contributed by atoms with Crippen LogP contribution in [0.15, 0.2) is 60.9 Å². The zero-order valence-corrected chi connectivity index (χ0v) is 22.7. The maximum atomic E-state index is 12.6. The number of thiocarbonyl (C=S) groups is 1. The minimum absolute atomic E-state index is 0.0700. The van der Waals surface area contributed by atoms with Crippen LogP contribution in [0.25, 0.3) is 0 Å². The van der Waals surface area contributed by atoms with Gasteiger partial charge < -0.3 is 24.8 Å². The molecule has 0 bridgehead atoms. The molecular weight excluding hydrogens is 482 g/mol. The minimum Gasteiger partial charge on any atom is -0.494 e. The summed E-state index contributed by atoms with van der Waals surface area (Å²) in [7, 11) is 1.62. The topological polar surface area (TPSA) is 71.4 Å². The van der Waals surface area contributed by atoms with E-state index in [9.17, 15) is 4.79 Å². The molecule has 7 nitrogen and oxygen atoms in total. The monoisotopic (exact) mass is 517 g/mol. The van der Waals surface area contributed by atoms with Gasteiger partial charge in [-0.05, 0) is 61.5 Å². The van der Waals surface area contributed by atoms with Gasteiger partial charge in [-0.3, -0.25) is 9.78 Å². The Bertz CT molecular complexity index is 1280. The summed E-state index contributed by atoms with van der Waals surface area (Å²) in [6, 6.07) is 16.4. The van der Waals surface area contributed by atoms with Crippen molar-refractivity contribution in [2.45, 2.75) is 64.6 Å². The van der Waals surface area contributed by atoms with Crippen LogP contribution in [0.1, 0.15) is 76.0 Å². The summed E-state index contributed by atoms with van der Waals surface area (Å²) >= 11 is 5.93. The predicted octanol–water partition coefficient (Wildman–Crippen LogP) is 6.17. The molecule has 3 heterocycles. The van der Waals surface area contributed by atoms with Crippen LogP contribution in [0, 0.1) is 5.41 Å². The number of hydrogen-bond acceptors (Lipinski definition) is 4. The van der Waals surface area contributed by atoms with Gasteiger partial charge in [-0.2, -0.15) is 0 Å². The summed E-state index contributed by atoms with van der Waals surface area (Å²) in [6.45, 7) is 5.66. The summed E-state index contributed by atoms with van der Waals surface area (Å²) in [4.78, 5) is 19.5. The second kappa shape index (κ2) is 10.2. The molecule has 0 unspecified atom stereocenters. The number of amides is 1. The molecule has 1 aromatic carbocycles. The third-order valence-corrected chi connectivity index (χ3v) is 7.64. The standard InChI is InChI=1S/C29H35N5O2S/c1-29(2,3)27(35)31-21-15-14-20(18-24(21)36-4)34-26(23-13-9-17-33(23)19-10-5-6-11-19)25(32-28(34)37)22-12-7-8-16-30-22/h7-9,12-19,25-26H,5-6,10-11H2,1-4H3,(H,31,35)(H,32,37)/t25-,26+/m1/s1. The van der Waals surface area contributed by atoms with Crippen molar-refractivity contribution in [3.8, 4) is 5.75 Å². The Balaban J connectivity index is 1.57. The van der Waals surface area contributed by atoms with Crippen LogP contribution in [-0.4, -0.2) is 27.7 Å². The molecular formula is C29H35N5O2S. The van der Waals surface area contributed by atoms with Gasteiger partial charge in [-0.1, -0.05) is 39.7 Å². The molecule has 2 atom stereocenters. The number of methoxy groups -OCH3 is 1. The largest absolute Gasteiger partial charge is 0.494 e. The number of carbonyl (C=O) groups excluding carboxylic acids is 1. The SMILES string of the molecule is COc1cc(N2C(=S)N[C@H](c3ccccn3)[C@@H]2c2cccn2C2CCCC2)ccc1NC(=O)C(C)(C)C. The number of aromatic nitrogens is 2. The fourth-order valence-electron chi connectivity index (χ4n) is 5.35. The Labute approximate surface area is 224 Å². The smallest absolute Gasteiger partial charge is 0.229 e. The Morgan fingerprint density at radius 2 is 1.92 bits per heavy atom. The highest BCUT2D eigenvalue weighted by atomic mass is 32.1. The number of nitrogens with one attached hydrogen (secondary N) is 2. The van der Waals surface area contributed by atoms with Crippen molar-refractivity contribution in [3.63, 3.8) is 0 Å². The molecule has 194 valence electrons. The number of pyridine rings is 1. The number of hydrogen-bond donors (Lipinski definition) is 2. The molecule has 1 saturated carbocycles. The van der Waals surface area contributed by atoms with Gasteiger partial charge in [0.2, 0.25) is 5.91 Å². The van der Waals surface area contributed by atoms with Gasteiger partial charge in [-0.25, -0.2) is 0 Å². The Hall–Kier alpha value is -3.39. The lowest BCUT2D eigenvalue weighted by Crippen LogP contribution is -2.31. The molecule has 1 saturated heterocycles. The molecule has 3 aromatic rings. The first-order valence-electron chi connectivity index (χ1n) is 12.9. The van der Waals surface area contributed by atoms with E-state index in [0.29, 0.717) is 22.6 Å². The van der Waals surface area contributed by atoms with Crippen molar-refractivity contribution in [2.75, 3.05) is 17.3 Å². The molecule has 0 radical (unpaired) electrons. The molecule has 2 N–H and O–H groups in total. The molecule has 1 amide bonds. The summed E-state index contributed by atoms with van der Waals surface area (Å²) < 4.78 is 8.15. The fraction of sp³-hybridized carbons (Fsp3) is 0.414. The molecule has 0 spiro atoms. The number of nitrogens with zero attached hydrogens (tertiary/aromatic N) is 3. The lowest BCUT2D eigenvalue weighted by molar-refractivity contribution is -0.123. The zero-order chi connectivity index (χ0) is 26.2. The maximum absolute atomic E-state index is 12.6. The van der Waals surface area contributed by atoms with Crippen molar-refractivity contribution >= 4 is 34.6 Å². The molecule has 1 aliphatic heterocycles. The van der Waals surface area contributed by atoms with Crippen molar-refractivity contribution in [3.05, 3.63) is 72.3 Å². The van der Waals surface area contributed by atoms with E-state index in [1.165, 1.54) is 31.4 Å². The number of rotatable bonds is 6. The van der Waals surface area contributed by atoms with Gasteiger partial charge in [0, 0.05) is 41.3 Å². The Morgan fingerprint density at radius 3 is 2.59 bits per heavy atom. The van der Waals surface area contributed by atoms with E-state index in [1.807, 2.05) is 63.4 Å². The van der Waals surface area contributed by atoms with Crippen LogP contribution in [0.3, 0.4) is 0 Å². The number of carbonyl (C=O) groups is 1. The second-order valence-electron chi connectivity index (χ2n) is 10.9. The normalized spacial score (nSPS) is 20.2. The van der Waals surface area contributed by atoms with Gasteiger partial charge in [0.25, 0.3) is 0 Å². The fourth-order valence-corrected chi connectivity index (χ4v) is 5.69. The lowest BCUT2D eigenvalue weighted by Gasteiger charge is -2.31. The van der Waals surface area contributed by atoms with E-state index in [2.05, 4.69) is 43.4 Å². The highest BCUT2D eigenvalue weighted by Crippen LogP contribution is 2.45. The summed E-state index contributed by atoms with van der Waals surface area (Å²) in [6.07, 6.45) is 8.93. The van der Waals surface area contributed by atoms with E-state index in [4.69, 9.17) is 17.0 Å². The first-order chi connectivity index (χ1) is 17.8. The van der Waals surface area contributed by atoms with Crippen LogP contribution in [0.4, 0.5) is 11.4 Å². The third kappa shape index (κ3) is 4.94. The zero-order valence-electron chi connectivity index (χ0n) is 21.9. The summed E-state index contributed by atoms with van der Waals surface area (Å²) in [5.41, 5.74) is 3.16. The number of anilines is 2. The van der Waals surface area contributed by atoms with Crippen molar-refractivity contribution in [1.82, 2.24) is 14.9 Å². The van der Waals surface area contributed by atoms with E-state index in [-0.39, 0.29) is 18.0 Å². The van der Waals surface area contributed by atoms with Gasteiger partial charge >= 0.3 is 0 Å². The van der Waals surface area contributed by atoms with Crippen molar-refractivity contribution in [2.24, 2.45) is 5.41 Å². The van der Waals surface area contributed by atoms with Gasteiger partial charge in [0.15, 0.2) is 5.11 Å². The van der Waals surface area contributed by atoms with Gasteiger partial charge in [0.05, 0.1) is 24.5 Å². The molecule has 37 heavy (non-hydrogen) atoms. The van der Waals surface area contributed by atoms with Gasteiger partial charge in [0.1, 0.15) is 11.8 Å². The number of ether oxygens (including phenoxy) is 1. The average Bonchev–Trinajstić information content (AvgIpc) is 3.64. The highest BCUT2D eigenvalue weighted by Gasteiger charge is 2.43. The van der Waals surface area contributed by atoms with Crippen LogP contribution in [0.5, 0.6) is 5.75 Å². The second-order valence-corrected chi connectivity index (χ2v) is 11.3. The first kappa shape index (κ1) is 25.3. The third-order valence-electron chi connectivity index (χ3n) is 7.32. The highest BCUT2D eigenvalue weighted by molar-refractivity contribution is 7.80. The van der Waals surface area contributed by atoms with Crippen molar-refractivity contribution in [1.29, 1.82) is 0 Å². The van der Waals surface area contributed by atoms with Crippen LogP contribution in [0.2, 0.25) is 0 Å². The molecule has 2 fully saturated rings. The Kier molecular flexibility index (Phi) is 6.94. The lowest BCUT2D eigenvalue weighted by atomic mass is 9.95. The van der Waals surface area contributed by atoms with Crippen molar-refractivity contribution < 1.29 is 9.53 Å². The molecule has 2 aromatic heterocycles. The molecule has 2 aliphatic rings. The Morgan fingerprint density at radius 1 is 1.14 bits per heavy atom. The molecule has 8 heteroatoms. The number of benzene rings is 1. The summed E-state index contributed by atoms with van der Waals surface area (Å²) in [5.74, 6) is 0.517.